The van der Waals surface area contributed by atoms with Crippen molar-refractivity contribution in [3.8, 4) is 11.5 Å². The number of carboxylic acid groups (broad SMARTS) is 1. The van der Waals surface area contributed by atoms with Crippen molar-refractivity contribution in [2.45, 2.75) is 12.4 Å². The zero-order valence-corrected chi connectivity index (χ0v) is 10.8. The summed E-state index contributed by atoms with van der Waals surface area (Å²) in [5, 5.41) is 8.83. The lowest BCUT2D eigenvalue weighted by atomic mass is 10.2. The van der Waals surface area contributed by atoms with E-state index < -0.39 is 27.3 Å². The molecule has 0 aliphatic carbocycles. The van der Waals surface area contributed by atoms with Crippen LogP contribution in [0.2, 0.25) is 0 Å². The number of ether oxygens (including phenoxy) is 1. The van der Waals surface area contributed by atoms with Gasteiger partial charge in [-0.05, 0) is 19.1 Å². The smallest absolute Gasteiger partial charge is 0.493 e. The minimum atomic E-state index is -5.82. The van der Waals surface area contributed by atoms with Gasteiger partial charge in [0.25, 0.3) is 0 Å². The standard InChI is InChI=1S/C10H9F3O6S/c1-2-18-8-5-6(3-4-7(8)9(14)15)19-20(16,17)10(11,12)13/h3-5H,2H2,1H3,(H,14,15). The summed E-state index contributed by atoms with van der Waals surface area (Å²) in [4.78, 5) is 10.8. The van der Waals surface area contributed by atoms with Gasteiger partial charge < -0.3 is 14.0 Å². The first-order chi connectivity index (χ1) is 9.08. The topological polar surface area (TPSA) is 89.9 Å². The van der Waals surface area contributed by atoms with Crippen LogP contribution >= 0.6 is 0 Å². The van der Waals surface area contributed by atoms with Crippen molar-refractivity contribution >= 4 is 16.1 Å². The highest BCUT2D eigenvalue weighted by molar-refractivity contribution is 7.88. The van der Waals surface area contributed by atoms with Crippen LogP contribution in [0.1, 0.15) is 17.3 Å². The second kappa shape index (κ2) is 5.57. The van der Waals surface area contributed by atoms with E-state index in [1.807, 2.05) is 0 Å². The molecule has 20 heavy (non-hydrogen) atoms. The lowest BCUT2D eigenvalue weighted by molar-refractivity contribution is -0.0500. The molecule has 6 nitrogen and oxygen atoms in total. The van der Waals surface area contributed by atoms with E-state index in [4.69, 9.17) is 9.84 Å². The Morgan fingerprint density at radius 2 is 1.95 bits per heavy atom. The van der Waals surface area contributed by atoms with Gasteiger partial charge in [0.1, 0.15) is 17.1 Å². The summed E-state index contributed by atoms with van der Waals surface area (Å²) in [6, 6.07) is 2.43. The van der Waals surface area contributed by atoms with E-state index in [1.54, 1.807) is 0 Å². The molecule has 0 unspecified atom stereocenters. The Kier molecular flexibility index (Phi) is 4.48. The van der Waals surface area contributed by atoms with Crippen molar-refractivity contribution in [1.82, 2.24) is 0 Å². The zero-order valence-electron chi connectivity index (χ0n) is 9.97. The number of hydrogen-bond acceptors (Lipinski definition) is 5. The molecule has 0 radical (unpaired) electrons. The number of alkyl halides is 3. The zero-order chi connectivity index (χ0) is 15.6. The van der Waals surface area contributed by atoms with Gasteiger partial charge in [-0.2, -0.15) is 21.6 Å². The molecule has 0 atom stereocenters. The van der Waals surface area contributed by atoms with Crippen LogP contribution in [0.4, 0.5) is 13.2 Å². The molecular formula is C10H9F3O6S. The number of carbonyl (C=O) groups is 1. The van der Waals surface area contributed by atoms with E-state index in [-0.39, 0.29) is 17.9 Å². The second-order valence-electron chi connectivity index (χ2n) is 3.38. The van der Waals surface area contributed by atoms with Gasteiger partial charge in [-0.25, -0.2) is 4.79 Å². The van der Waals surface area contributed by atoms with Crippen LogP contribution < -0.4 is 8.92 Å². The lowest BCUT2D eigenvalue weighted by Gasteiger charge is -2.12. The van der Waals surface area contributed by atoms with Crippen LogP contribution in [-0.4, -0.2) is 31.6 Å². The first kappa shape index (κ1) is 16.1. The van der Waals surface area contributed by atoms with Gasteiger partial charge in [0.15, 0.2) is 0 Å². The van der Waals surface area contributed by atoms with Crippen LogP contribution in [0.15, 0.2) is 18.2 Å². The molecule has 1 aromatic rings. The molecule has 0 fully saturated rings. The fraction of sp³-hybridized carbons (Fsp3) is 0.300. The van der Waals surface area contributed by atoms with E-state index in [2.05, 4.69) is 4.18 Å². The summed E-state index contributed by atoms with van der Waals surface area (Å²) in [6.45, 7) is 1.56. The quantitative estimate of drug-likeness (QED) is 0.660. The largest absolute Gasteiger partial charge is 0.534 e. The van der Waals surface area contributed by atoms with Gasteiger partial charge in [0.05, 0.1) is 6.61 Å². The number of halogens is 3. The maximum absolute atomic E-state index is 12.1. The molecule has 1 N–H and O–H groups in total. The third-order valence-electron chi connectivity index (χ3n) is 1.97. The van der Waals surface area contributed by atoms with Crippen molar-refractivity contribution in [2.75, 3.05) is 6.61 Å². The second-order valence-corrected chi connectivity index (χ2v) is 4.92. The molecule has 112 valence electrons. The highest BCUT2D eigenvalue weighted by atomic mass is 32.2. The summed E-state index contributed by atoms with van der Waals surface area (Å²) in [6.07, 6.45) is 0. The number of aromatic carboxylic acids is 1. The Hall–Kier alpha value is -1.97. The Morgan fingerprint density at radius 3 is 2.40 bits per heavy atom. The van der Waals surface area contributed by atoms with Crippen molar-refractivity contribution in [1.29, 1.82) is 0 Å². The molecule has 0 spiro atoms. The van der Waals surface area contributed by atoms with E-state index >= 15 is 0 Å². The Bertz CT molecular complexity index is 608. The highest BCUT2D eigenvalue weighted by Crippen LogP contribution is 2.30. The van der Waals surface area contributed by atoms with Gasteiger partial charge in [0, 0.05) is 6.07 Å². The average Bonchev–Trinajstić information content (AvgIpc) is 2.27. The molecule has 0 aliphatic rings. The molecule has 0 amide bonds. The first-order valence-corrected chi connectivity index (χ1v) is 6.50. The normalized spacial score (nSPS) is 12.0. The van der Waals surface area contributed by atoms with Crippen LogP contribution in [0, 0.1) is 0 Å². The minimum absolute atomic E-state index is 0.0375. The number of rotatable bonds is 5. The van der Waals surface area contributed by atoms with E-state index in [9.17, 15) is 26.4 Å². The van der Waals surface area contributed by atoms with Crippen LogP contribution in [0.25, 0.3) is 0 Å². The average molecular weight is 314 g/mol. The van der Waals surface area contributed by atoms with Gasteiger partial charge in [-0.15, -0.1) is 0 Å². The molecule has 0 aliphatic heterocycles. The highest BCUT2D eigenvalue weighted by Gasteiger charge is 2.48. The Balaban J connectivity index is 3.17. The van der Waals surface area contributed by atoms with Gasteiger partial charge in [-0.3, -0.25) is 0 Å². The van der Waals surface area contributed by atoms with Gasteiger partial charge >= 0.3 is 21.6 Å². The molecule has 0 bridgehead atoms. The van der Waals surface area contributed by atoms with Crippen LogP contribution in [0.5, 0.6) is 11.5 Å². The summed E-state index contributed by atoms with van der Waals surface area (Å²) in [7, 11) is -5.82. The summed E-state index contributed by atoms with van der Waals surface area (Å²) in [5.41, 5.74) is -5.91. The third-order valence-corrected chi connectivity index (χ3v) is 2.95. The molecule has 1 rings (SSSR count). The molecule has 0 saturated heterocycles. The molecule has 1 aromatic carbocycles. The Morgan fingerprint density at radius 1 is 1.35 bits per heavy atom. The monoisotopic (exact) mass is 314 g/mol. The molecular weight excluding hydrogens is 305 g/mol. The SMILES string of the molecule is CCOc1cc(OS(=O)(=O)C(F)(F)F)ccc1C(=O)O. The predicted octanol–water partition coefficient (Wildman–Crippen LogP) is 2.01. The molecule has 0 heterocycles. The number of carboxylic acids is 1. The van der Waals surface area contributed by atoms with Crippen molar-refractivity contribution in [3.05, 3.63) is 23.8 Å². The lowest BCUT2D eigenvalue weighted by Crippen LogP contribution is -2.28. The van der Waals surface area contributed by atoms with E-state index in [1.165, 1.54) is 6.92 Å². The van der Waals surface area contributed by atoms with Crippen LogP contribution in [-0.2, 0) is 10.1 Å². The molecule has 0 saturated carbocycles. The summed E-state index contributed by atoms with van der Waals surface area (Å²) in [5.74, 6) is -2.37. The third kappa shape index (κ3) is 3.53. The maximum atomic E-state index is 12.1. The minimum Gasteiger partial charge on any atom is -0.493 e. The summed E-state index contributed by atoms with van der Waals surface area (Å²) >= 11 is 0. The van der Waals surface area contributed by atoms with Crippen molar-refractivity contribution in [3.63, 3.8) is 0 Å². The van der Waals surface area contributed by atoms with Crippen molar-refractivity contribution < 1.29 is 40.4 Å². The van der Waals surface area contributed by atoms with Crippen LogP contribution in [0.3, 0.4) is 0 Å². The Labute approximate surface area is 111 Å². The van der Waals surface area contributed by atoms with E-state index in [0.717, 1.165) is 18.2 Å². The fourth-order valence-corrected chi connectivity index (χ4v) is 1.63. The van der Waals surface area contributed by atoms with E-state index in [0.29, 0.717) is 0 Å². The predicted molar refractivity (Wildman–Crippen MR) is 60.2 cm³/mol. The fourth-order valence-electron chi connectivity index (χ4n) is 1.18. The van der Waals surface area contributed by atoms with Gasteiger partial charge in [-0.1, -0.05) is 0 Å². The van der Waals surface area contributed by atoms with Crippen molar-refractivity contribution in [2.24, 2.45) is 0 Å². The number of hydrogen-bond donors (Lipinski definition) is 1. The molecule has 0 aromatic heterocycles. The van der Waals surface area contributed by atoms with Gasteiger partial charge in [0.2, 0.25) is 0 Å². The molecule has 10 heteroatoms. The maximum Gasteiger partial charge on any atom is 0.534 e. The summed E-state index contributed by atoms with van der Waals surface area (Å²) < 4.78 is 66.8. The first-order valence-electron chi connectivity index (χ1n) is 5.09. The number of benzene rings is 1.